The number of nitrogens with one attached hydrogen (secondary N) is 2. The third-order valence-electron chi connectivity index (χ3n) is 3.25. The van der Waals surface area contributed by atoms with Crippen molar-refractivity contribution in [1.82, 2.24) is 5.32 Å². The first-order valence-electron chi connectivity index (χ1n) is 6.73. The minimum absolute atomic E-state index is 0.0683. The Hall–Kier alpha value is -1.75. The second-order valence-corrected chi connectivity index (χ2v) is 4.89. The molecular weight excluding hydrogens is 242 g/mol. The average molecular weight is 263 g/mol. The summed E-state index contributed by atoms with van der Waals surface area (Å²) in [6, 6.07) is 7.28. The highest BCUT2D eigenvalue weighted by molar-refractivity contribution is 5.93. The van der Waals surface area contributed by atoms with Crippen LogP contribution in [-0.2, 0) is 0 Å². The summed E-state index contributed by atoms with van der Waals surface area (Å²) in [5, 5.41) is 14.5. The number of nitrogens with zero attached hydrogens (tertiary/aromatic N) is 1. The molecule has 0 aromatic heterocycles. The molecule has 0 unspecified atom stereocenters. The molecule has 1 aromatic rings. The molecule has 0 aliphatic carbocycles. The van der Waals surface area contributed by atoms with Gasteiger partial charge in [0, 0.05) is 13.1 Å². The maximum atomic E-state index is 11.8. The number of hydrogen-bond acceptors (Lipinski definition) is 3. The van der Waals surface area contributed by atoms with E-state index in [4.69, 9.17) is 5.11 Å². The van der Waals surface area contributed by atoms with Crippen molar-refractivity contribution in [3.63, 3.8) is 0 Å². The zero-order valence-corrected chi connectivity index (χ0v) is 11.2. The Kier molecular flexibility index (Phi) is 4.63. The van der Waals surface area contributed by atoms with E-state index in [9.17, 15) is 4.79 Å². The maximum Gasteiger partial charge on any atom is 0.319 e. The minimum atomic E-state index is -0.284. The normalized spacial score (nSPS) is 16.2. The van der Waals surface area contributed by atoms with Crippen LogP contribution in [0.5, 0.6) is 0 Å². The molecule has 1 atom stereocenters. The maximum absolute atomic E-state index is 11.8. The van der Waals surface area contributed by atoms with Crippen molar-refractivity contribution >= 4 is 17.4 Å². The van der Waals surface area contributed by atoms with Crippen LogP contribution in [0.3, 0.4) is 0 Å². The van der Waals surface area contributed by atoms with Gasteiger partial charge >= 0.3 is 6.03 Å². The Morgan fingerprint density at radius 3 is 2.74 bits per heavy atom. The number of aliphatic hydroxyl groups excluding tert-OH is 1. The van der Waals surface area contributed by atoms with Gasteiger partial charge in [0.25, 0.3) is 0 Å². The molecule has 5 heteroatoms. The molecule has 0 saturated carbocycles. The molecule has 1 aromatic carbocycles. The summed E-state index contributed by atoms with van der Waals surface area (Å²) in [4.78, 5) is 14.1. The van der Waals surface area contributed by atoms with E-state index in [1.165, 1.54) is 12.8 Å². The first kappa shape index (κ1) is 13.7. The second kappa shape index (κ2) is 6.43. The lowest BCUT2D eigenvalue weighted by atomic mass is 10.2. The number of hydrogen-bond donors (Lipinski definition) is 3. The fourth-order valence-electron chi connectivity index (χ4n) is 2.24. The van der Waals surface area contributed by atoms with Crippen molar-refractivity contribution in [2.24, 2.45) is 0 Å². The van der Waals surface area contributed by atoms with Crippen LogP contribution in [0.15, 0.2) is 24.3 Å². The summed E-state index contributed by atoms with van der Waals surface area (Å²) in [5.41, 5.74) is 1.87. The molecule has 0 bridgehead atoms. The lowest BCUT2D eigenvalue weighted by Gasteiger charge is -2.22. The van der Waals surface area contributed by atoms with Gasteiger partial charge in [0.1, 0.15) is 0 Å². The molecule has 19 heavy (non-hydrogen) atoms. The number of urea groups is 1. The van der Waals surface area contributed by atoms with Crippen LogP contribution in [0.25, 0.3) is 0 Å². The van der Waals surface area contributed by atoms with E-state index in [2.05, 4.69) is 15.5 Å². The second-order valence-electron chi connectivity index (χ2n) is 4.89. The van der Waals surface area contributed by atoms with Gasteiger partial charge in [-0.1, -0.05) is 12.1 Å². The summed E-state index contributed by atoms with van der Waals surface area (Å²) in [6.45, 7) is 3.76. The van der Waals surface area contributed by atoms with Crippen molar-refractivity contribution in [3.8, 4) is 0 Å². The van der Waals surface area contributed by atoms with E-state index in [1.807, 2.05) is 24.3 Å². The standard InChI is InChI=1S/C14H21N3O2/c1-11(10-18)15-14(19)16-12-6-2-3-7-13(12)17-8-4-5-9-17/h2-3,6-7,11,18H,4-5,8-10H2,1H3,(H2,15,16,19)/t11-/m0/s1. The lowest BCUT2D eigenvalue weighted by Crippen LogP contribution is -2.38. The molecule has 2 amide bonds. The molecule has 0 spiro atoms. The largest absolute Gasteiger partial charge is 0.394 e. The molecule has 1 heterocycles. The van der Waals surface area contributed by atoms with Crippen LogP contribution in [0.4, 0.5) is 16.2 Å². The van der Waals surface area contributed by atoms with Gasteiger partial charge in [-0.2, -0.15) is 0 Å². The molecule has 3 N–H and O–H groups in total. The molecule has 0 radical (unpaired) electrons. The van der Waals surface area contributed by atoms with Gasteiger partial charge in [-0.05, 0) is 31.9 Å². The molecule has 1 saturated heterocycles. The summed E-state index contributed by atoms with van der Waals surface area (Å²) in [5.74, 6) is 0. The Bertz CT molecular complexity index is 430. The van der Waals surface area contributed by atoms with Crippen molar-refractivity contribution in [2.75, 3.05) is 29.9 Å². The third-order valence-corrected chi connectivity index (χ3v) is 3.25. The summed E-state index contributed by atoms with van der Waals surface area (Å²) in [7, 11) is 0. The molecule has 1 aliphatic heterocycles. The van der Waals surface area contributed by atoms with E-state index in [0.717, 1.165) is 24.5 Å². The van der Waals surface area contributed by atoms with E-state index < -0.39 is 0 Å². The van der Waals surface area contributed by atoms with Crippen LogP contribution in [0, 0.1) is 0 Å². The first-order chi connectivity index (χ1) is 9.20. The van der Waals surface area contributed by atoms with Gasteiger partial charge in [-0.3, -0.25) is 0 Å². The van der Waals surface area contributed by atoms with Gasteiger partial charge < -0.3 is 20.6 Å². The predicted molar refractivity (Wildman–Crippen MR) is 76.6 cm³/mol. The van der Waals surface area contributed by atoms with Crippen molar-refractivity contribution in [2.45, 2.75) is 25.8 Å². The predicted octanol–water partition coefficient (Wildman–Crippen LogP) is 1.79. The van der Waals surface area contributed by atoms with Crippen LogP contribution in [0.2, 0.25) is 0 Å². The highest BCUT2D eigenvalue weighted by Crippen LogP contribution is 2.28. The highest BCUT2D eigenvalue weighted by atomic mass is 16.3. The molecular formula is C14H21N3O2. The summed E-state index contributed by atoms with van der Waals surface area (Å²) < 4.78 is 0. The summed E-state index contributed by atoms with van der Waals surface area (Å²) >= 11 is 0. The SMILES string of the molecule is C[C@@H](CO)NC(=O)Nc1ccccc1N1CCCC1. The van der Waals surface area contributed by atoms with Gasteiger partial charge in [-0.25, -0.2) is 4.79 Å². The topological polar surface area (TPSA) is 64.6 Å². The van der Waals surface area contributed by atoms with E-state index in [1.54, 1.807) is 6.92 Å². The van der Waals surface area contributed by atoms with Crippen molar-refractivity contribution in [3.05, 3.63) is 24.3 Å². The lowest BCUT2D eigenvalue weighted by molar-refractivity contribution is 0.229. The van der Waals surface area contributed by atoms with Crippen LogP contribution >= 0.6 is 0 Å². The Labute approximate surface area is 113 Å². The van der Waals surface area contributed by atoms with Gasteiger partial charge in [0.2, 0.25) is 0 Å². The number of amides is 2. The molecule has 5 nitrogen and oxygen atoms in total. The van der Waals surface area contributed by atoms with Crippen LogP contribution in [0.1, 0.15) is 19.8 Å². The van der Waals surface area contributed by atoms with Gasteiger partial charge in [0.15, 0.2) is 0 Å². The van der Waals surface area contributed by atoms with Crippen molar-refractivity contribution < 1.29 is 9.90 Å². The monoisotopic (exact) mass is 263 g/mol. The number of benzene rings is 1. The molecule has 1 aliphatic rings. The minimum Gasteiger partial charge on any atom is -0.394 e. The average Bonchev–Trinajstić information content (AvgIpc) is 2.93. The zero-order valence-electron chi connectivity index (χ0n) is 11.2. The molecule has 2 rings (SSSR count). The number of anilines is 2. The smallest absolute Gasteiger partial charge is 0.319 e. The third kappa shape index (κ3) is 3.61. The molecule has 1 fully saturated rings. The van der Waals surface area contributed by atoms with Crippen molar-refractivity contribution in [1.29, 1.82) is 0 Å². The van der Waals surface area contributed by atoms with Crippen LogP contribution < -0.4 is 15.5 Å². The number of carbonyl (C=O) groups is 1. The van der Waals surface area contributed by atoms with E-state index in [0.29, 0.717) is 0 Å². The number of rotatable bonds is 4. The number of aliphatic hydroxyl groups is 1. The quantitative estimate of drug-likeness (QED) is 0.776. The number of carbonyl (C=O) groups excluding carboxylic acids is 1. The fraction of sp³-hybridized carbons (Fsp3) is 0.500. The van der Waals surface area contributed by atoms with Crippen LogP contribution in [-0.4, -0.2) is 36.9 Å². The zero-order chi connectivity index (χ0) is 13.7. The van der Waals surface area contributed by atoms with Gasteiger partial charge in [0.05, 0.1) is 24.0 Å². The summed E-state index contributed by atoms with van der Waals surface area (Å²) in [6.07, 6.45) is 2.39. The Morgan fingerprint density at radius 2 is 2.05 bits per heavy atom. The highest BCUT2D eigenvalue weighted by Gasteiger charge is 2.16. The Morgan fingerprint density at radius 1 is 1.37 bits per heavy atom. The van der Waals surface area contributed by atoms with E-state index >= 15 is 0 Å². The fourth-order valence-corrected chi connectivity index (χ4v) is 2.24. The number of para-hydroxylation sites is 2. The Balaban J connectivity index is 2.05. The van der Waals surface area contributed by atoms with E-state index in [-0.39, 0.29) is 18.7 Å². The molecule has 104 valence electrons. The first-order valence-corrected chi connectivity index (χ1v) is 6.73. The van der Waals surface area contributed by atoms with Gasteiger partial charge in [-0.15, -0.1) is 0 Å².